The number of fused-ring (bicyclic) bond motifs is 1. The predicted molar refractivity (Wildman–Crippen MR) is 135 cm³/mol. The number of nitrogens with zero attached hydrogens (tertiary/aromatic N) is 2. The molecule has 1 N–H and O–H groups in total. The molecule has 6 nitrogen and oxygen atoms in total. The Labute approximate surface area is 196 Å². The molecule has 4 rings (SSSR count). The molecular weight excluding hydrogens is 434 g/mol. The summed E-state index contributed by atoms with van der Waals surface area (Å²) in [6.07, 6.45) is 0. The van der Waals surface area contributed by atoms with Gasteiger partial charge in [0, 0.05) is 10.6 Å². The van der Waals surface area contributed by atoms with E-state index in [9.17, 15) is 14.4 Å². The van der Waals surface area contributed by atoms with E-state index in [1.165, 1.54) is 20.5 Å². The zero-order valence-corrected chi connectivity index (χ0v) is 20.3. The van der Waals surface area contributed by atoms with Crippen molar-refractivity contribution < 1.29 is 4.79 Å². The van der Waals surface area contributed by atoms with E-state index in [1.807, 2.05) is 77.1 Å². The highest BCUT2D eigenvalue weighted by Gasteiger charge is 2.20. The second-order valence-corrected chi connectivity index (χ2v) is 9.73. The van der Waals surface area contributed by atoms with E-state index in [0.717, 1.165) is 38.4 Å². The fraction of sp³-hybridized carbons (Fsp3) is 0.269. The van der Waals surface area contributed by atoms with Gasteiger partial charge in [0.25, 0.3) is 5.56 Å². The first-order valence-corrected chi connectivity index (χ1v) is 11.6. The van der Waals surface area contributed by atoms with Gasteiger partial charge in [-0.2, -0.15) is 0 Å². The third-order valence-corrected chi connectivity index (χ3v) is 7.19. The van der Waals surface area contributed by atoms with Crippen LogP contribution in [0.3, 0.4) is 0 Å². The third kappa shape index (κ3) is 4.28. The summed E-state index contributed by atoms with van der Waals surface area (Å²) in [5.74, 6) is -0.304. The van der Waals surface area contributed by atoms with E-state index in [2.05, 4.69) is 5.32 Å². The van der Waals surface area contributed by atoms with Crippen molar-refractivity contribution in [1.82, 2.24) is 9.13 Å². The summed E-state index contributed by atoms with van der Waals surface area (Å²) in [4.78, 5) is 41.3. The van der Waals surface area contributed by atoms with Crippen molar-refractivity contribution in [1.29, 1.82) is 0 Å². The number of hydrogen-bond acceptors (Lipinski definition) is 4. The average molecular weight is 462 g/mol. The maximum Gasteiger partial charge on any atom is 0.332 e. The molecule has 33 heavy (non-hydrogen) atoms. The Kier molecular flexibility index (Phi) is 6.08. The van der Waals surface area contributed by atoms with Crippen molar-refractivity contribution in [3.05, 3.63) is 96.0 Å². The van der Waals surface area contributed by atoms with Crippen molar-refractivity contribution in [2.45, 2.75) is 47.7 Å². The minimum absolute atomic E-state index is 0.153. The lowest BCUT2D eigenvalue weighted by molar-refractivity contribution is -0.116. The standard InChI is InChI=1S/C26H27N3O3S/c1-15-11-16(2)23(17(3)12-15)27-21(30)14-29-25-22(18(4)19(5)33-25)24(31)28(26(29)32)13-20-9-7-6-8-10-20/h6-12H,13-14H2,1-5H3,(H,27,30). The molecule has 1 amide bonds. The maximum atomic E-state index is 13.4. The van der Waals surface area contributed by atoms with Gasteiger partial charge in [-0.25, -0.2) is 4.79 Å². The molecule has 0 spiro atoms. The van der Waals surface area contributed by atoms with E-state index < -0.39 is 5.69 Å². The van der Waals surface area contributed by atoms with Crippen LogP contribution in [0.5, 0.6) is 0 Å². The topological polar surface area (TPSA) is 73.1 Å². The number of anilines is 1. The molecule has 0 aliphatic carbocycles. The van der Waals surface area contributed by atoms with Crippen LogP contribution < -0.4 is 16.6 Å². The normalized spacial score (nSPS) is 11.2. The minimum atomic E-state index is -0.481. The SMILES string of the molecule is Cc1cc(C)c(NC(=O)Cn2c(=O)n(Cc3ccccc3)c(=O)c3c(C)c(C)sc32)c(C)c1. The Morgan fingerprint density at radius 1 is 0.939 bits per heavy atom. The second kappa shape index (κ2) is 8.83. The van der Waals surface area contributed by atoms with Crippen LogP contribution in [-0.4, -0.2) is 15.0 Å². The Hall–Kier alpha value is -3.45. The van der Waals surface area contributed by atoms with Gasteiger partial charge in [0.15, 0.2) is 0 Å². The highest BCUT2D eigenvalue weighted by atomic mass is 32.1. The molecule has 0 aliphatic heterocycles. The Bertz CT molecular complexity index is 1470. The number of hydrogen-bond donors (Lipinski definition) is 1. The molecule has 4 aromatic rings. The first kappa shape index (κ1) is 22.7. The molecule has 2 aromatic heterocycles. The number of benzene rings is 2. The lowest BCUT2D eigenvalue weighted by Crippen LogP contribution is -2.41. The highest BCUT2D eigenvalue weighted by molar-refractivity contribution is 7.18. The van der Waals surface area contributed by atoms with Crippen LogP contribution in [0.1, 0.15) is 32.7 Å². The number of carbonyl (C=O) groups is 1. The smallest absolute Gasteiger partial charge is 0.324 e. The van der Waals surface area contributed by atoms with Crippen molar-refractivity contribution in [3.8, 4) is 0 Å². The van der Waals surface area contributed by atoms with Crippen LogP contribution in [-0.2, 0) is 17.9 Å². The predicted octanol–water partition coefficient (Wildman–Crippen LogP) is 4.45. The molecule has 2 aromatic carbocycles. The van der Waals surface area contributed by atoms with Crippen LogP contribution >= 0.6 is 11.3 Å². The zero-order valence-electron chi connectivity index (χ0n) is 19.5. The molecule has 7 heteroatoms. The number of carbonyl (C=O) groups excluding carboxylic acids is 1. The summed E-state index contributed by atoms with van der Waals surface area (Å²) in [6.45, 7) is 9.71. The second-order valence-electron chi connectivity index (χ2n) is 8.53. The summed E-state index contributed by atoms with van der Waals surface area (Å²) in [7, 11) is 0. The van der Waals surface area contributed by atoms with Gasteiger partial charge in [0.05, 0.1) is 11.9 Å². The summed E-state index contributed by atoms with van der Waals surface area (Å²) in [5, 5.41) is 3.47. The zero-order chi connectivity index (χ0) is 23.9. The van der Waals surface area contributed by atoms with Gasteiger partial charge in [-0.1, -0.05) is 48.0 Å². The summed E-state index contributed by atoms with van der Waals surface area (Å²) in [6, 6.07) is 13.4. The molecule has 0 radical (unpaired) electrons. The van der Waals surface area contributed by atoms with E-state index in [1.54, 1.807) is 0 Å². The van der Waals surface area contributed by atoms with Crippen molar-refractivity contribution in [2.75, 3.05) is 5.32 Å². The van der Waals surface area contributed by atoms with E-state index >= 15 is 0 Å². The Morgan fingerprint density at radius 3 is 2.21 bits per heavy atom. The number of rotatable bonds is 5. The molecule has 0 unspecified atom stereocenters. The first-order chi connectivity index (χ1) is 15.7. The summed E-state index contributed by atoms with van der Waals surface area (Å²) < 4.78 is 2.66. The molecule has 0 saturated carbocycles. The molecule has 0 fully saturated rings. The van der Waals surface area contributed by atoms with Crippen LogP contribution in [0, 0.1) is 34.6 Å². The Morgan fingerprint density at radius 2 is 1.58 bits per heavy atom. The first-order valence-electron chi connectivity index (χ1n) is 10.8. The lowest BCUT2D eigenvalue weighted by Gasteiger charge is -2.15. The van der Waals surface area contributed by atoms with Crippen LogP contribution in [0.4, 0.5) is 5.69 Å². The summed E-state index contributed by atoms with van der Waals surface area (Å²) >= 11 is 1.37. The van der Waals surface area contributed by atoms with Gasteiger partial charge in [-0.3, -0.25) is 18.7 Å². The lowest BCUT2D eigenvalue weighted by atomic mass is 10.1. The van der Waals surface area contributed by atoms with Crippen molar-refractivity contribution >= 4 is 33.1 Å². The average Bonchev–Trinajstić information content (AvgIpc) is 3.06. The quantitative estimate of drug-likeness (QED) is 0.477. The monoisotopic (exact) mass is 461 g/mol. The van der Waals surface area contributed by atoms with Crippen molar-refractivity contribution in [2.24, 2.45) is 0 Å². The molecular formula is C26H27N3O3S. The van der Waals surface area contributed by atoms with Crippen molar-refractivity contribution in [3.63, 3.8) is 0 Å². The van der Waals surface area contributed by atoms with Gasteiger partial charge in [0.2, 0.25) is 5.91 Å². The number of amides is 1. The minimum Gasteiger partial charge on any atom is -0.324 e. The summed E-state index contributed by atoms with van der Waals surface area (Å²) in [5.41, 5.74) is 4.71. The van der Waals surface area contributed by atoms with E-state index in [0.29, 0.717) is 10.2 Å². The fourth-order valence-corrected chi connectivity index (χ4v) is 5.39. The molecule has 0 saturated heterocycles. The Balaban J connectivity index is 1.80. The number of nitrogens with one attached hydrogen (secondary N) is 1. The molecule has 2 heterocycles. The third-order valence-electron chi connectivity index (χ3n) is 5.96. The van der Waals surface area contributed by atoms with Crippen LogP contribution in [0.15, 0.2) is 52.1 Å². The van der Waals surface area contributed by atoms with E-state index in [-0.39, 0.29) is 24.6 Å². The maximum absolute atomic E-state index is 13.4. The van der Waals surface area contributed by atoms with E-state index in [4.69, 9.17) is 0 Å². The van der Waals surface area contributed by atoms with Gasteiger partial charge >= 0.3 is 5.69 Å². The van der Waals surface area contributed by atoms with Gasteiger partial charge < -0.3 is 5.32 Å². The molecule has 0 atom stereocenters. The molecule has 0 aliphatic rings. The van der Waals surface area contributed by atoms with Gasteiger partial charge in [-0.15, -0.1) is 11.3 Å². The van der Waals surface area contributed by atoms with Crippen LogP contribution in [0.2, 0.25) is 0 Å². The largest absolute Gasteiger partial charge is 0.332 e. The highest BCUT2D eigenvalue weighted by Crippen LogP contribution is 2.27. The van der Waals surface area contributed by atoms with Crippen LogP contribution in [0.25, 0.3) is 10.2 Å². The number of aromatic nitrogens is 2. The molecule has 170 valence electrons. The molecule has 0 bridgehead atoms. The van der Waals surface area contributed by atoms with Gasteiger partial charge in [-0.05, 0) is 56.9 Å². The number of aryl methyl sites for hydroxylation is 5. The number of thiophene rings is 1. The van der Waals surface area contributed by atoms with Gasteiger partial charge in [0.1, 0.15) is 11.4 Å². The fourth-order valence-electron chi connectivity index (χ4n) is 4.25.